The molecular formula is C7H11N3O3S. The molecule has 2 rings (SSSR count). The van der Waals surface area contributed by atoms with E-state index in [9.17, 15) is 13.5 Å². The van der Waals surface area contributed by atoms with Crippen molar-refractivity contribution in [1.82, 2.24) is 14.3 Å². The van der Waals surface area contributed by atoms with E-state index in [-0.39, 0.29) is 11.7 Å². The topological polar surface area (TPSA) is 86.3 Å². The predicted molar refractivity (Wildman–Crippen MR) is 48.0 cm³/mol. The third-order valence-electron chi connectivity index (χ3n) is 2.18. The van der Waals surface area contributed by atoms with E-state index in [0.29, 0.717) is 13.0 Å². The number of aliphatic hydroxyl groups excluding tert-OH is 1. The largest absolute Gasteiger partial charge is 0.392 e. The summed E-state index contributed by atoms with van der Waals surface area (Å²) in [6, 6.07) is 0. The van der Waals surface area contributed by atoms with E-state index < -0.39 is 16.1 Å². The number of aromatic nitrogens is 2. The Labute approximate surface area is 81.6 Å². The standard InChI is InChI=1S/C7H11N3O3S/c11-6-1-4-10(5-6)14(12,13)7-8-2-3-9-7/h2-3,6,11H,1,4-5H2,(H,8,9). The highest BCUT2D eigenvalue weighted by Crippen LogP contribution is 2.17. The van der Waals surface area contributed by atoms with Crippen LogP contribution in [-0.4, -0.2) is 47.0 Å². The van der Waals surface area contributed by atoms with Crippen molar-refractivity contribution in [2.75, 3.05) is 13.1 Å². The smallest absolute Gasteiger partial charge is 0.276 e. The van der Waals surface area contributed by atoms with Crippen molar-refractivity contribution in [3.8, 4) is 0 Å². The molecule has 2 heterocycles. The Kier molecular flexibility index (Phi) is 2.30. The van der Waals surface area contributed by atoms with E-state index in [1.807, 2.05) is 0 Å². The molecule has 1 aliphatic rings. The zero-order chi connectivity index (χ0) is 10.2. The molecule has 1 saturated heterocycles. The minimum Gasteiger partial charge on any atom is -0.392 e. The van der Waals surface area contributed by atoms with Crippen molar-refractivity contribution in [2.24, 2.45) is 0 Å². The zero-order valence-corrected chi connectivity index (χ0v) is 8.24. The molecule has 1 aromatic heterocycles. The molecular weight excluding hydrogens is 206 g/mol. The van der Waals surface area contributed by atoms with E-state index >= 15 is 0 Å². The molecule has 0 saturated carbocycles. The van der Waals surface area contributed by atoms with Crippen molar-refractivity contribution in [2.45, 2.75) is 17.7 Å². The monoisotopic (exact) mass is 217 g/mol. The van der Waals surface area contributed by atoms with Gasteiger partial charge in [-0.3, -0.25) is 0 Å². The molecule has 0 radical (unpaired) electrons. The van der Waals surface area contributed by atoms with Crippen LogP contribution in [0.2, 0.25) is 0 Å². The number of aliphatic hydroxyl groups is 1. The van der Waals surface area contributed by atoms with Crippen LogP contribution in [0.4, 0.5) is 0 Å². The molecule has 1 fully saturated rings. The Bertz CT molecular complexity index is 400. The highest BCUT2D eigenvalue weighted by Gasteiger charge is 2.32. The number of H-pyrrole nitrogens is 1. The maximum absolute atomic E-state index is 11.8. The van der Waals surface area contributed by atoms with Crippen molar-refractivity contribution < 1.29 is 13.5 Å². The van der Waals surface area contributed by atoms with Crippen LogP contribution in [0, 0.1) is 0 Å². The van der Waals surface area contributed by atoms with E-state index in [1.165, 1.54) is 16.7 Å². The molecule has 7 heteroatoms. The Morgan fingerprint density at radius 2 is 2.43 bits per heavy atom. The Balaban J connectivity index is 2.26. The minimum atomic E-state index is -3.52. The van der Waals surface area contributed by atoms with E-state index in [2.05, 4.69) is 9.97 Å². The molecule has 14 heavy (non-hydrogen) atoms. The van der Waals surface area contributed by atoms with E-state index in [0.717, 1.165) is 0 Å². The summed E-state index contributed by atoms with van der Waals surface area (Å²) in [5, 5.41) is 9.16. The molecule has 1 aliphatic heterocycles. The van der Waals surface area contributed by atoms with E-state index in [4.69, 9.17) is 0 Å². The van der Waals surface area contributed by atoms with Crippen molar-refractivity contribution >= 4 is 10.0 Å². The molecule has 0 spiro atoms. The molecule has 2 N–H and O–H groups in total. The minimum absolute atomic E-state index is 0.0633. The van der Waals surface area contributed by atoms with Crippen LogP contribution < -0.4 is 0 Å². The van der Waals surface area contributed by atoms with Gasteiger partial charge in [-0.25, -0.2) is 13.4 Å². The first kappa shape index (κ1) is 9.63. The number of imidazole rings is 1. The molecule has 1 aromatic rings. The van der Waals surface area contributed by atoms with Crippen molar-refractivity contribution in [3.63, 3.8) is 0 Å². The van der Waals surface area contributed by atoms with Crippen LogP contribution in [0.3, 0.4) is 0 Å². The maximum Gasteiger partial charge on any atom is 0.276 e. The first-order chi connectivity index (χ1) is 6.60. The molecule has 0 aliphatic carbocycles. The van der Waals surface area contributed by atoms with Gasteiger partial charge in [0.05, 0.1) is 6.10 Å². The van der Waals surface area contributed by atoms with Crippen LogP contribution >= 0.6 is 0 Å². The summed E-state index contributed by atoms with van der Waals surface area (Å²) in [4.78, 5) is 6.24. The van der Waals surface area contributed by atoms with Gasteiger partial charge in [-0.2, -0.15) is 4.31 Å². The van der Waals surface area contributed by atoms with Gasteiger partial charge in [-0.15, -0.1) is 0 Å². The summed E-state index contributed by atoms with van der Waals surface area (Å²) >= 11 is 0. The highest BCUT2D eigenvalue weighted by molar-refractivity contribution is 7.89. The van der Waals surface area contributed by atoms with Crippen LogP contribution in [-0.2, 0) is 10.0 Å². The van der Waals surface area contributed by atoms with Crippen LogP contribution in [0.15, 0.2) is 17.6 Å². The molecule has 0 bridgehead atoms. The summed E-state index contributed by atoms with van der Waals surface area (Å²) in [7, 11) is -3.52. The number of sulfonamides is 1. The molecule has 0 aromatic carbocycles. The second kappa shape index (κ2) is 3.34. The molecule has 0 amide bonds. The lowest BCUT2D eigenvalue weighted by Gasteiger charge is -2.12. The predicted octanol–water partition coefficient (Wildman–Crippen LogP) is -0.835. The first-order valence-corrected chi connectivity index (χ1v) is 5.72. The average molecular weight is 217 g/mol. The molecule has 1 atom stereocenters. The lowest BCUT2D eigenvalue weighted by Crippen LogP contribution is -2.30. The number of hydrogen-bond donors (Lipinski definition) is 2. The van der Waals surface area contributed by atoms with Gasteiger partial charge in [0, 0.05) is 25.5 Å². The quantitative estimate of drug-likeness (QED) is 0.676. The Morgan fingerprint density at radius 1 is 1.64 bits per heavy atom. The number of rotatable bonds is 2. The summed E-state index contributed by atoms with van der Waals surface area (Å²) < 4.78 is 24.8. The van der Waals surface area contributed by atoms with Crippen LogP contribution in [0.5, 0.6) is 0 Å². The summed E-state index contributed by atoms with van der Waals surface area (Å²) in [5.74, 6) is 0. The number of aromatic amines is 1. The number of nitrogens with zero attached hydrogens (tertiary/aromatic N) is 2. The number of hydrogen-bond acceptors (Lipinski definition) is 4. The van der Waals surface area contributed by atoms with E-state index in [1.54, 1.807) is 0 Å². The Morgan fingerprint density at radius 3 is 2.93 bits per heavy atom. The van der Waals surface area contributed by atoms with Crippen LogP contribution in [0.25, 0.3) is 0 Å². The molecule has 78 valence electrons. The first-order valence-electron chi connectivity index (χ1n) is 4.28. The van der Waals surface area contributed by atoms with Gasteiger partial charge in [-0.05, 0) is 6.42 Å². The fourth-order valence-electron chi connectivity index (χ4n) is 1.44. The van der Waals surface area contributed by atoms with Gasteiger partial charge in [0.1, 0.15) is 0 Å². The highest BCUT2D eigenvalue weighted by atomic mass is 32.2. The molecule has 6 nitrogen and oxygen atoms in total. The lowest BCUT2D eigenvalue weighted by atomic mass is 10.3. The normalized spacial score (nSPS) is 24.2. The van der Waals surface area contributed by atoms with Gasteiger partial charge >= 0.3 is 0 Å². The number of β-amino-alcohol motifs (C(OH)–C–C–N with tert-alkyl or cyclic N) is 1. The maximum atomic E-state index is 11.8. The van der Waals surface area contributed by atoms with Gasteiger partial charge in [0.2, 0.25) is 5.16 Å². The second-order valence-corrected chi connectivity index (χ2v) is 5.05. The number of nitrogens with one attached hydrogen (secondary N) is 1. The summed E-state index contributed by atoms with van der Waals surface area (Å²) in [6.07, 6.45) is 2.78. The Hall–Kier alpha value is -0.920. The third-order valence-corrected chi connectivity index (χ3v) is 3.91. The van der Waals surface area contributed by atoms with Crippen LogP contribution in [0.1, 0.15) is 6.42 Å². The lowest BCUT2D eigenvalue weighted by molar-refractivity contribution is 0.189. The summed E-state index contributed by atoms with van der Waals surface area (Å²) in [6.45, 7) is 0.507. The molecule has 1 unspecified atom stereocenters. The van der Waals surface area contributed by atoms with Gasteiger partial charge in [0.15, 0.2) is 0 Å². The van der Waals surface area contributed by atoms with Gasteiger partial charge < -0.3 is 10.1 Å². The summed E-state index contributed by atoms with van der Waals surface area (Å²) in [5.41, 5.74) is 0. The van der Waals surface area contributed by atoms with Gasteiger partial charge in [-0.1, -0.05) is 0 Å². The fraction of sp³-hybridized carbons (Fsp3) is 0.571. The fourth-order valence-corrected chi connectivity index (χ4v) is 2.81. The van der Waals surface area contributed by atoms with Crippen molar-refractivity contribution in [3.05, 3.63) is 12.4 Å². The zero-order valence-electron chi connectivity index (χ0n) is 7.42. The second-order valence-electron chi connectivity index (χ2n) is 3.20. The van der Waals surface area contributed by atoms with Gasteiger partial charge in [0.25, 0.3) is 10.0 Å². The van der Waals surface area contributed by atoms with Crippen molar-refractivity contribution in [1.29, 1.82) is 0 Å². The average Bonchev–Trinajstić information content (AvgIpc) is 2.72. The third kappa shape index (κ3) is 1.54. The SMILES string of the molecule is O=S(=O)(c1ncc[nH]1)N1CCC(O)C1.